The molecule has 6 heteroatoms. The van der Waals surface area contributed by atoms with Crippen molar-refractivity contribution >= 4 is 29.2 Å². The first kappa shape index (κ1) is 8.40. The van der Waals surface area contributed by atoms with Crippen molar-refractivity contribution < 1.29 is 0 Å². The van der Waals surface area contributed by atoms with Crippen molar-refractivity contribution in [1.82, 2.24) is 14.9 Å². The van der Waals surface area contributed by atoms with E-state index in [0.29, 0.717) is 0 Å². The van der Waals surface area contributed by atoms with Crippen LogP contribution in [0.15, 0.2) is 29.9 Å². The minimum absolute atomic E-state index is 0.755. The Hall–Kier alpha value is -1.20. The molecule has 0 aromatic carbocycles. The van der Waals surface area contributed by atoms with Crippen LogP contribution in [0, 0.1) is 0 Å². The molecule has 0 fully saturated rings. The fourth-order valence-electron chi connectivity index (χ4n) is 0.776. The van der Waals surface area contributed by atoms with Crippen molar-refractivity contribution in [3.63, 3.8) is 0 Å². The zero-order chi connectivity index (χ0) is 9.10. The summed E-state index contributed by atoms with van der Waals surface area (Å²) in [6, 6.07) is 3.74. The molecule has 2 aromatic rings. The summed E-state index contributed by atoms with van der Waals surface area (Å²) in [5.74, 6) is 0. The van der Waals surface area contributed by atoms with Crippen LogP contribution in [0.3, 0.4) is 0 Å². The van der Waals surface area contributed by atoms with Gasteiger partial charge in [0.05, 0.1) is 10.6 Å². The summed E-state index contributed by atoms with van der Waals surface area (Å²) in [4.78, 5) is 0.999. The molecule has 2 aromatic heterocycles. The normalized spacial score (nSPS) is 11.2. The Balaban J connectivity index is 2.14. The summed E-state index contributed by atoms with van der Waals surface area (Å²) >= 11 is 7.22. The number of hydrogen-bond acceptors (Lipinski definition) is 4. The third kappa shape index (κ3) is 2.13. The molecular formula is C7H5ClN4S. The molecule has 0 spiro atoms. The molecule has 0 aliphatic rings. The molecule has 66 valence electrons. The van der Waals surface area contributed by atoms with E-state index < -0.39 is 0 Å². The zero-order valence-electron chi connectivity index (χ0n) is 6.46. The fraction of sp³-hybridized carbons (Fsp3) is 0. The maximum absolute atomic E-state index is 5.75. The van der Waals surface area contributed by atoms with E-state index in [9.17, 15) is 0 Å². The predicted molar refractivity (Wildman–Crippen MR) is 52.3 cm³/mol. The minimum Gasteiger partial charge on any atom is -0.208 e. The third-order valence-electron chi connectivity index (χ3n) is 1.32. The number of aromatic nitrogens is 3. The van der Waals surface area contributed by atoms with Crippen molar-refractivity contribution in [1.29, 1.82) is 0 Å². The van der Waals surface area contributed by atoms with Gasteiger partial charge in [0.25, 0.3) is 0 Å². The van der Waals surface area contributed by atoms with E-state index in [1.54, 1.807) is 6.21 Å². The van der Waals surface area contributed by atoms with E-state index in [-0.39, 0.29) is 0 Å². The molecule has 13 heavy (non-hydrogen) atoms. The monoisotopic (exact) mass is 212 g/mol. The third-order valence-corrected chi connectivity index (χ3v) is 2.48. The van der Waals surface area contributed by atoms with Gasteiger partial charge in [-0.2, -0.15) is 5.10 Å². The highest BCUT2D eigenvalue weighted by molar-refractivity contribution is 7.17. The van der Waals surface area contributed by atoms with Crippen molar-refractivity contribution in [3.8, 4) is 0 Å². The lowest BCUT2D eigenvalue weighted by Gasteiger charge is -1.85. The summed E-state index contributed by atoms with van der Waals surface area (Å²) in [5.41, 5.74) is 0. The molecule has 4 nitrogen and oxygen atoms in total. The molecule has 0 bridgehead atoms. The van der Waals surface area contributed by atoms with Crippen LogP contribution in [-0.4, -0.2) is 21.1 Å². The summed E-state index contributed by atoms with van der Waals surface area (Å²) in [7, 11) is 0. The number of halogens is 1. The molecule has 0 unspecified atom stereocenters. The molecular weight excluding hydrogens is 208 g/mol. The lowest BCUT2D eigenvalue weighted by molar-refractivity contribution is 0.879. The van der Waals surface area contributed by atoms with Gasteiger partial charge in [-0.05, 0) is 12.1 Å². The second-order valence-corrected chi connectivity index (χ2v) is 3.97. The average Bonchev–Trinajstić information content (AvgIpc) is 2.71. The standard InChI is InChI=1S/C7H5ClN4S/c8-7-2-1-6(13-7)3-11-12-4-9-10-5-12/h1-5H/b11-3-. The van der Waals surface area contributed by atoms with Crippen LogP contribution in [-0.2, 0) is 0 Å². The Morgan fingerprint density at radius 3 is 2.77 bits per heavy atom. The largest absolute Gasteiger partial charge is 0.208 e. The Morgan fingerprint density at radius 2 is 2.15 bits per heavy atom. The second kappa shape index (κ2) is 3.68. The molecule has 0 atom stereocenters. The van der Waals surface area contributed by atoms with Gasteiger partial charge in [-0.15, -0.1) is 21.5 Å². The van der Waals surface area contributed by atoms with Crippen LogP contribution in [0.5, 0.6) is 0 Å². The Kier molecular flexibility index (Phi) is 2.37. The fourth-order valence-corrected chi connectivity index (χ4v) is 1.70. The van der Waals surface area contributed by atoms with E-state index in [1.807, 2.05) is 12.1 Å². The lowest BCUT2D eigenvalue weighted by atomic mass is 10.5. The van der Waals surface area contributed by atoms with Gasteiger partial charge in [0, 0.05) is 4.88 Å². The van der Waals surface area contributed by atoms with E-state index in [2.05, 4.69) is 15.3 Å². The highest BCUT2D eigenvalue weighted by Gasteiger charge is 1.93. The van der Waals surface area contributed by atoms with Crippen molar-refractivity contribution in [3.05, 3.63) is 34.0 Å². The van der Waals surface area contributed by atoms with Crippen LogP contribution >= 0.6 is 22.9 Å². The number of rotatable bonds is 2. The summed E-state index contributed by atoms with van der Waals surface area (Å²) in [5, 5.41) is 11.3. The molecule has 0 N–H and O–H groups in total. The number of nitrogens with zero attached hydrogens (tertiary/aromatic N) is 4. The maximum Gasteiger partial charge on any atom is 0.141 e. The quantitative estimate of drug-likeness (QED) is 0.714. The molecule has 0 aliphatic carbocycles. The van der Waals surface area contributed by atoms with Crippen molar-refractivity contribution in [2.75, 3.05) is 0 Å². The van der Waals surface area contributed by atoms with Crippen LogP contribution in [0.4, 0.5) is 0 Å². The molecule has 2 heterocycles. The van der Waals surface area contributed by atoms with Gasteiger partial charge >= 0.3 is 0 Å². The van der Waals surface area contributed by atoms with Crippen LogP contribution in [0.1, 0.15) is 4.88 Å². The smallest absolute Gasteiger partial charge is 0.141 e. The molecule has 0 aliphatic heterocycles. The van der Waals surface area contributed by atoms with Gasteiger partial charge in [0.1, 0.15) is 12.7 Å². The molecule has 0 amide bonds. The van der Waals surface area contributed by atoms with Gasteiger partial charge in [0.15, 0.2) is 0 Å². The van der Waals surface area contributed by atoms with Crippen molar-refractivity contribution in [2.24, 2.45) is 5.10 Å². The number of hydrogen-bond donors (Lipinski definition) is 0. The molecule has 0 saturated carbocycles. The second-order valence-electron chi connectivity index (χ2n) is 2.23. The Bertz CT molecular complexity index is 406. The zero-order valence-corrected chi connectivity index (χ0v) is 8.03. The highest BCUT2D eigenvalue weighted by Crippen LogP contribution is 2.19. The lowest BCUT2D eigenvalue weighted by Crippen LogP contribution is -1.83. The van der Waals surface area contributed by atoms with E-state index in [1.165, 1.54) is 28.7 Å². The van der Waals surface area contributed by atoms with Crippen LogP contribution in [0.2, 0.25) is 4.34 Å². The van der Waals surface area contributed by atoms with Crippen LogP contribution < -0.4 is 0 Å². The first-order chi connectivity index (χ1) is 6.34. The van der Waals surface area contributed by atoms with E-state index >= 15 is 0 Å². The van der Waals surface area contributed by atoms with Crippen LogP contribution in [0.25, 0.3) is 0 Å². The van der Waals surface area contributed by atoms with Gasteiger partial charge < -0.3 is 0 Å². The summed E-state index contributed by atoms with van der Waals surface area (Å²) < 4.78 is 2.28. The van der Waals surface area contributed by atoms with Gasteiger partial charge in [0.2, 0.25) is 0 Å². The molecule has 0 radical (unpaired) electrons. The molecule has 0 saturated heterocycles. The van der Waals surface area contributed by atoms with Gasteiger partial charge in [-0.1, -0.05) is 11.6 Å². The van der Waals surface area contributed by atoms with E-state index in [4.69, 9.17) is 11.6 Å². The van der Waals surface area contributed by atoms with Crippen molar-refractivity contribution in [2.45, 2.75) is 0 Å². The van der Waals surface area contributed by atoms with E-state index in [0.717, 1.165) is 9.21 Å². The Labute approximate surface area is 83.5 Å². The average molecular weight is 213 g/mol. The first-order valence-electron chi connectivity index (χ1n) is 3.49. The van der Waals surface area contributed by atoms with Gasteiger partial charge in [-0.3, -0.25) is 0 Å². The SMILES string of the molecule is Clc1ccc(/C=N\n2cnnc2)s1. The topological polar surface area (TPSA) is 43.1 Å². The first-order valence-corrected chi connectivity index (χ1v) is 4.68. The highest BCUT2D eigenvalue weighted by atomic mass is 35.5. The minimum atomic E-state index is 0.755. The number of thiophene rings is 1. The molecule has 2 rings (SSSR count). The predicted octanol–water partition coefficient (Wildman–Crippen LogP) is 1.88. The maximum atomic E-state index is 5.75. The Morgan fingerprint density at radius 1 is 1.38 bits per heavy atom. The van der Waals surface area contributed by atoms with Gasteiger partial charge in [-0.25, -0.2) is 4.68 Å². The summed E-state index contributed by atoms with van der Waals surface area (Å²) in [6.45, 7) is 0. The summed E-state index contributed by atoms with van der Waals surface area (Å²) in [6.07, 6.45) is 4.75.